The molecule has 1 aliphatic heterocycles. The van der Waals surface area contributed by atoms with Gasteiger partial charge in [-0.25, -0.2) is 4.79 Å². The number of hydrogen-bond donors (Lipinski definition) is 0. The van der Waals surface area contributed by atoms with E-state index in [4.69, 9.17) is 4.74 Å². The predicted octanol–water partition coefficient (Wildman–Crippen LogP) is 1.90. The minimum Gasteiger partial charge on any atom is -0.452 e. The van der Waals surface area contributed by atoms with Crippen LogP contribution >= 0.6 is 0 Å². The lowest BCUT2D eigenvalue weighted by Crippen LogP contribution is -2.35. The topological polar surface area (TPSA) is 46.6 Å². The smallest absolute Gasteiger partial charge is 0.331 e. The van der Waals surface area contributed by atoms with Crippen LogP contribution in [0, 0.1) is 0 Å². The molecule has 96 valence electrons. The Morgan fingerprint density at radius 2 is 1.71 bits per heavy atom. The van der Waals surface area contributed by atoms with Crippen molar-refractivity contribution in [3.63, 3.8) is 0 Å². The zero-order chi connectivity index (χ0) is 12.7. The SMILES string of the molecule is CC(C)=CC(=O)OCC(=O)N1CCCCCC1. The molecule has 1 fully saturated rings. The highest BCUT2D eigenvalue weighted by molar-refractivity contribution is 5.86. The maximum atomic E-state index is 11.8. The summed E-state index contributed by atoms with van der Waals surface area (Å²) in [6.07, 6.45) is 5.86. The van der Waals surface area contributed by atoms with Crippen LogP contribution in [0.4, 0.5) is 0 Å². The Kier molecular flexibility index (Phi) is 5.73. The van der Waals surface area contributed by atoms with Crippen molar-refractivity contribution in [2.75, 3.05) is 19.7 Å². The fraction of sp³-hybridized carbons (Fsp3) is 0.692. The zero-order valence-electron chi connectivity index (χ0n) is 10.7. The maximum Gasteiger partial charge on any atom is 0.331 e. The first-order valence-electron chi connectivity index (χ1n) is 6.19. The molecule has 0 aromatic carbocycles. The van der Waals surface area contributed by atoms with E-state index in [-0.39, 0.29) is 12.5 Å². The van der Waals surface area contributed by atoms with Gasteiger partial charge in [0.1, 0.15) is 0 Å². The number of rotatable bonds is 3. The Hall–Kier alpha value is -1.32. The van der Waals surface area contributed by atoms with Gasteiger partial charge in [-0.1, -0.05) is 18.4 Å². The van der Waals surface area contributed by atoms with Crippen molar-refractivity contribution < 1.29 is 14.3 Å². The van der Waals surface area contributed by atoms with Crippen molar-refractivity contribution in [2.45, 2.75) is 39.5 Å². The van der Waals surface area contributed by atoms with E-state index in [1.807, 2.05) is 13.8 Å². The van der Waals surface area contributed by atoms with Crippen LogP contribution in [0.1, 0.15) is 39.5 Å². The van der Waals surface area contributed by atoms with Crippen molar-refractivity contribution in [1.29, 1.82) is 0 Å². The summed E-state index contributed by atoms with van der Waals surface area (Å²) in [5, 5.41) is 0. The number of esters is 1. The van der Waals surface area contributed by atoms with Gasteiger partial charge >= 0.3 is 5.97 Å². The molecule has 0 N–H and O–H groups in total. The summed E-state index contributed by atoms with van der Waals surface area (Å²) in [5.41, 5.74) is 0.872. The fourth-order valence-corrected chi connectivity index (χ4v) is 1.82. The van der Waals surface area contributed by atoms with E-state index >= 15 is 0 Å². The summed E-state index contributed by atoms with van der Waals surface area (Å²) >= 11 is 0. The Morgan fingerprint density at radius 3 is 2.24 bits per heavy atom. The standard InChI is InChI=1S/C13H21NO3/c1-11(2)9-13(16)17-10-12(15)14-7-5-3-4-6-8-14/h9H,3-8,10H2,1-2H3. The second-order valence-electron chi connectivity index (χ2n) is 4.62. The summed E-state index contributed by atoms with van der Waals surface area (Å²) in [7, 11) is 0. The molecule has 1 saturated heterocycles. The van der Waals surface area contributed by atoms with E-state index in [1.54, 1.807) is 4.90 Å². The normalized spacial score (nSPS) is 16.0. The van der Waals surface area contributed by atoms with E-state index in [0.29, 0.717) is 0 Å². The number of likely N-dealkylation sites (tertiary alicyclic amines) is 1. The Morgan fingerprint density at radius 1 is 1.12 bits per heavy atom. The first-order valence-corrected chi connectivity index (χ1v) is 6.19. The summed E-state index contributed by atoms with van der Waals surface area (Å²) in [6, 6.07) is 0. The lowest BCUT2D eigenvalue weighted by Gasteiger charge is -2.19. The average molecular weight is 239 g/mol. The molecule has 1 heterocycles. The molecule has 0 aromatic heterocycles. The number of carbonyl (C=O) groups is 2. The van der Waals surface area contributed by atoms with Gasteiger partial charge in [0.2, 0.25) is 0 Å². The Balaban J connectivity index is 2.33. The highest BCUT2D eigenvalue weighted by atomic mass is 16.5. The van der Waals surface area contributed by atoms with Gasteiger partial charge in [-0.05, 0) is 26.7 Å². The number of nitrogens with zero attached hydrogens (tertiary/aromatic N) is 1. The van der Waals surface area contributed by atoms with Crippen LogP contribution in [0.3, 0.4) is 0 Å². The van der Waals surface area contributed by atoms with Crippen LogP contribution in [0.5, 0.6) is 0 Å². The van der Waals surface area contributed by atoms with Crippen LogP contribution in [0.2, 0.25) is 0 Å². The third-order valence-corrected chi connectivity index (χ3v) is 2.70. The summed E-state index contributed by atoms with van der Waals surface area (Å²) in [5.74, 6) is -0.518. The second-order valence-corrected chi connectivity index (χ2v) is 4.62. The molecule has 0 atom stereocenters. The fourth-order valence-electron chi connectivity index (χ4n) is 1.82. The third-order valence-electron chi connectivity index (χ3n) is 2.70. The zero-order valence-corrected chi connectivity index (χ0v) is 10.7. The lowest BCUT2D eigenvalue weighted by atomic mass is 10.2. The van der Waals surface area contributed by atoms with E-state index in [1.165, 1.54) is 18.9 Å². The summed E-state index contributed by atoms with van der Waals surface area (Å²) in [4.78, 5) is 24.8. The first kappa shape index (κ1) is 13.7. The summed E-state index contributed by atoms with van der Waals surface area (Å²) < 4.78 is 4.90. The van der Waals surface area contributed by atoms with Crippen LogP contribution in [-0.4, -0.2) is 36.5 Å². The second kappa shape index (κ2) is 7.09. The number of allylic oxidation sites excluding steroid dienone is 1. The van der Waals surface area contributed by atoms with Gasteiger partial charge in [-0.2, -0.15) is 0 Å². The van der Waals surface area contributed by atoms with Gasteiger partial charge in [0.15, 0.2) is 6.61 Å². The molecular weight excluding hydrogens is 218 g/mol. The van der Waals surface area contributed by atoms with Crippen LogP contribution in [0.25, 0.3) is 0 Å². The van der Waals surface area contributed by atoms with Gasteiger partial charge in [-0.3, -0.25) is 4.79 Å². The Bertz CT molecular complexity index is 298. The number of carbonyl (C=O) groups excluding carboxylic acids is 2. The van der Waals surface area contributed by atoms with E-state index in [9.17, 15) is 9.59 Å². The van der Waals surface area contributed by atoms with E-state index in [2.05, 4.69) is 0 Å². The molecule has 0 spiro atoms. The molecule has 1 aliphatic rings. The molecule has 0 saturated carbocycles. The molecule has 0 aliphatic carbocycles. The van der Waals surface area contributed by atoms with Crippen molar-refractivity contribution in [3.8, 4) is 0 Å². The molecule has 0 bridgehead atoms. The molecule has 4 heteroatoms. The highest BCUT2D eigenvalue weighted by Crippen LogP contribution is 2.09. The van der Waals surface area contributed by atoms with E-state index < -0.39 is 5.97 Å². The molecule has 0 radical (unpaired) electrons. The molecule has 1 amide bonds. The largest absolute Gasteiger partial charge is 0.452 e. The van der Waals surface area contributed by atoms with Crippen molar-refractivity contribution in [3.05, 3.63) is 11.6 Å². The maximum absolute atomic E-state index is 11.8. The molecule has 1 rings (SSSR count). The predicted molar refractivity (Wildman–Crippen MR) is 65.4 cm³/mol. The van der Waals surface area contributed by atoms with Crippen molar-refractivity contribution in [1.82, 2.24) is 4.90 Å². The highest BCUT2D eigenvalue weighted by Gasteiger charge is 2.16. The van der Waals surface area contributed by atoms with Gasteiger partial charge in [0.05, 0.1) is 0 Å². The van der Waals surface area contributed by atoms with Gasteiger partial charge in [0.25, 0.3) is 5.91 Å². The molecule has 0 unspecified atom stereocenters. The van der Waals surface area contributed by atoms with Crippen molar-refractivity contribution in [2.24, 2.45) is 0 Å². The van der Waals surface area contributed by atoms with Crippen LogP contribution < -0.4 is 0 Å². The monoisotopic (exact) mass is 239 g/mol. The molecule has 4 nitrogen and oxygen atoms in total. The molecular formula is C13H21NO3. The quantitative estimate of drug-likeness (QED) is 0.558. The van der Waals surface area contributed by atoms with Gasteiger partial charge < -0.3 is 9.64 Å². The number of ether oxygens (including phenoxy) is 1. The molecule has 0 aromatic rings. The van der Waals surface area contributed by atoms with Gasteiger partial charge in [0, 0.05) is 19.2 Å². The van der Waals surface area contributed by atoms with Crippen LogP contribution in [-0.2, 0) is 14.3 Å². The summed E-state index contributed by atoms with van der Waals surface area (Å²) in [6.45, 7) is 5.08. The van der Waals surface area contributed by atoms with E-state index in [0.717, 1.165) is 31.5 Å². The number of hydrogen-bond acceptors (Lipinski definition) is 3. The van der Waals surface area contributed by atoms with Crippen molar-refractivity contribution >= 4 is 11.9 Å². The van der Waals surface area contributed by atoms with Gasteiger partial charge in [-0.15, -0.1) is 0 Å². The number of amides is 1. The third kappa shape index (κ3) is 5.52. The minimum atomic E-state index is -0.437. The lowest BCUT2D eigenvalue weighted by molar-refractivity contribution is -0.148. The first-order chi connectivity index (χ1) is 8.09. The van der Waals surface area contributed by atoms with Crippen LogP contribution in [0.15, 0.2) is 11.6 Å². The molecule has 17 heavy (non-hydrogen) atoms. The average Bonchev–Trinajstić information content (AvgIpc) is 2.53. The minimum absolute atomic E-state index is 0.0811. The Labute approximate surface area is 103 Å².